The Hall–Kier alpha value is 0.270. The molecule has 0 aromatic heterocycles. The highest BCUT2D eigenvalue weighted by atomic mass is 35.5. The molecule has 0 N–H and O–H groups in total. The summed E-state index contributed by atoms with van der Waals surface area (Å²) in [5, 5.41) is 0. The lowest BCUT2D eigenvalue weighted by Crippen LogP contribution is -2.52. The number of nitrogens with zero attached hydrogens (tertiary/aromatic N) is 1. The molecule has 12 heavy (non-hydrogen) atoms. The molecule has 70 valence electrons. The van der Waals surface area contributed by atoms with Crippen molar-refractivity contribution in [3.63, 3.8) is 0 Å². The van der Waals surface area contributed by atoms with Crippen molar-refractivity contribution in [3.8, 4) is 0 Å². The van der Waals surface area contributed by atoms with Crippen LogP contribution in [0.3, 0.4) is 0 Å². The van der Waals surface area contributed by atoms with E-state index in [2.05, 4.69) is 11.9 Å². The van der Waals surface area contributed by atoms with Crippen LogP contribution in [0, 0.1) is 0 Å². The number of carbonyl (C=O) groups excluding carboxylic acids is 1. The van der Waals surface area contributed by atoms with Gasteiger partial charge in [0, 0.05) is 36.4 Å². The summed E-state index contributed by atoms with van der Waals surface area (Å²) >= 11 is 2.00. The van der Waals surface area contributed by atoms with Gasteiger partial charge in [-0.2, -0.15) is 11.8 Å². The average Bonchev–Trinajstić information content (AvgIpc) is 1.92. The van der Waals surface area contributed by atoms with Crippen molar-refractivity contribution in [2.24, 2.45) is 0 Å². The lowest BCUT2D eigenvalue weighted by Gasteiger charge is -2.42. The second-order valence-electron chi connectivity index (χ2n) is 3.46. The fraction of sp³-hybridized carbons (Fsp3) is 0.875. The summed E-state index contributed by atoms with van der Waals surface area (Å²) in [6.45, 7) is 0. The predicted octanol–water partition coefficient (Wildman–Crippen LogP) is 1.19. The van der Waals surface area contributed by atoms with E-state index >= 15 is 0 Å². The van der Waals surface area contributed by atoms with Crippen LogP contribution in [-0.2, 0) is 4.79 Å². The van der Waals surface area contributed by atoms with E-state index in [1.165, 1.54) is 0 Å². The molecule has 2 fully saturated rings. The van der Waals surface area contributed by atoms with E-state index in [9.17, 15) is 4.79 Å². The molecule has 2 aliphatic heterocycles. The van der Waals surface area contributed by atoms with Gasteiger partial charge in [-0.05, 0) is 7.05 Å². The van der Waals surface area contributed by atoms with Gasteiger partial charge >= 0.3 is 0 Å². The third-order valence-electron chi connectivity index (χ3n) is 2.70. The Balaban J connectivity index is 0.000000720. The molecule has 0 radical (unpaired) electrons. The molecule has 2 atom stereocenters. The average molecular weight is 208 g/mol. The molecule has 0 aliphatic carbocycles. The van der Waals surface area contributed by atoms with Gasteiger partial charge in [0.25, 0.3) is 0 Å². The maximum absolute atomic E-state index is 11.2. The lowest BCUT2D eigenvalue weighted by molar-refractivity contribution is -0.124. The molecule has 2 heterocycles. The number of Topliss-reactive ketones (excluding diaryl/α,β-unsaturated/α-hetero) is 1. The van der Waals surface area contributed by atoms with Crippen molar-refractivity contribution in [3.05, 3.63) is 0 Å². The van der Waals surface area contributed by atoms with E-state index in [4.69, 9.17) is 0 Å². The molecule has 2 rings (SSSR count). The van der Waals surface area contributed by atoms with Crippen molar-refractivity contribution in [2.75, 3.05) is 18.6 Å². The number of fused-ring (bicyclic) bond motifs is 2. The zero-order chi connectivity index (χ0) is 7.84. The summed E-state index contributed by atoms with van der Waals surface area (Å²) in [6.07, 6.45) is 1.58. The standard InChI is InChI=1S/C8H13NOS.ClH/c1-9-6-2-8(10)3-7(9)5-11-4-6;/h6-7H,2-5H2,1H3;1H. The van der Waals surface area contributed by atoms with Crippen LogP contribution in [0.1, 0.15) is 12.8 Å². The first kappa shape index (κ1) is 10.4. The molecule has 2 unspecified atom stereocenters. The molecule has 2 nitrogen and oxygen atoms in total. The van der Waals surface area contributed by atoms with Crippen LogP contribution in [0.25, 0.3) is 0 Å². The largest absolute Gasteiger partial charge is 0.300 e. The maximum atomic E-state index is 11.2. The SMILES string of the molecule is CN1C2CSCC1CC(=O)C2.Cl. The van der Waals surface area contributed by atoms with Gasteiger partial charge < -0.3 is 0 Å². The number of carbonyl (C=O) groups is 1. The first-order valence-electron chi connectivity index (χ1n) is 4.09. The third-order valence-corrected chi connectivity index (χ3v) is 3.94. The van der Waals surface area contributed by atoms with Gasteiger partial charge in [-0.25, -0.2) is 0 Å². The number of hydrogen-bond donors (Lipinski definition) is 0. The zero-order valence-electron chi connectivity index (χ0n) is 7.16. The van der Waals surface area contributed by atoms with Gasteiger partial charge in [0.2, 0.25) is 0 Å². The van der Waals surface area contributed by atoms with Gasteiger partial charge in [0.15, 0.2) is 0 Å². The molecule has 0 amide bonds. The first-order valence-corrected chi connectivity index (χ1v) is 5.24. The van der Waals surface area contributed by atoms with Crippen LogP contribution in [0.2, 0.25) is 0 Å². The molecule has 0 spiro atoms. The summed E-state index contributed by atoms with van der Waals surface area (Å²) in [5.41, 5.74) is 0. The summed E-state index contributed by atoms with van der Waals surface area (Å²) in [5.74, 6) is 2.77. The van der Waals surface area contributed by atoms with Gasteiger partial charge in [-0.15, -0.1) is 12.4 Å². The minimum absolute atomic E-state index is 0. The highest BCUT2D eigenvalue weighted by molar-refractivity contribution is 7.99. The van der Waals surface area contributed by atoms with Crippen LogP contribution in [0.15, 0.2) is 0 Å². The number of thioether (sulfide) groups is 1. The zero-order valence-corrected chi connectivity index (χ0v) is 8.79. The van der Waals surface area contributed by atoms with Crippen molar-refractivity contribution in [2.45, 2.75) is 24.9 Å². The van der Waals surface area contributed by atoms with Crippen molar-refractivity contribution in [1.82, 2.24) is 4.90 Å². The predicted molar refractivity (Wildman–Crippen MR) is 54.2 cm³/mol. The Kier molecular flexibility index (Phi) is 3.44. The molecule has 2 bridgehead atoms. The Labute approximate surface area is 83.5 Å². The highest BCUT2D eigenvalue weighted by Gasteiger charge is 2.35. The molecule has 4 heteroatoms. The monoisotopic (exact) mass is 207 g/mol. The normalized spacial score (nSPS) is 35.9. The minimum Gasteiger partial charge on any atom is -0.300 e. The topological polar surface area (TPSA) is 20.3 Å². The molecule has 0 saturated carbocycles. The second kappa shape index (κ2) is 3.99. The van der Waals surface area contributed by atoms with E-state index in [1.54, 1.807) is 0 Å². The second-order valence-corrected chi connectivity index (χ2v) is 4.53. The van der Waals surface area contributed by atoms with E-state index < -0.39 is 0 Å². The van der Waals surface area contributed by atoms with E-state index in [-0.39, 0.29) is 12.4 Å². The number of piperidine rings is 1. The summed E-state index contributed by atoms with van der Waals surface area (Å²) in [7, 11) is 2.15. The van der Waals surface area contributed by atoms with E-state index in [1.807, 2.05) is 11.8 Å². The first-order chi connectivity index (χ1) is 5.27. The van der Waals surface area contributed by atoms with Crippen LogP contribution >= 0.6 is 24.2 Å². The van der Waals surface area contributed by atoms with Crippen molar-refractivity contribution < 1.29 is 4.79 Å². The Morgan fingerprint density at radius 1 is 1.33 bits per heavy atom. The number of rotatable bonds is 0. The molecule has 0 aromatic rings. The number of ketones is 1. The summed E-state index contributed by atoms with van der Waals surface area (Å²) < 4.78 is 0. The third kappa shape index (κ3) is 1.78. The van der Waals surface area contributed by atoms with Crippen LogP contribution < -0.4 is 0 Å². The van der Waals surface area contributed by atoms with Crippen molar-refractivity contribution in [1.29, 1.82) is 0 Å². The van der Waals surface area contributed by atoms with E-state index in [0.29, 0.717) is 17.9 Å². The van der Waals surface area contributed by atoms with Crippen LogP contribution in [-0.4, -0.2) is 41.3 Å². The van der Waals surface area contributed by atoms with Crippen molar-refractivity contribution >= 4 is 30.0 Å². The number of hydrogen-bond acceptors (Lipinski definition) is 3. The number of halogens is 1. The van der Waals surface area contributed by atoms with Crippen LogP contribution in [0.5, 0.6) is 0 Å². The van der Waals surface area contributed by atoms with Gasteiger partial charge in [-0.3, -0.25) is 9.69 Å². The van der Waals surface area contributed by atoms with E-state index in [0.717, 1.165) is 24.3 Å². The molecule has 2 saturated heterocycles. The molecule has 0 aromatic carbocycles. The fourth-order valence-electron chi connectivity index (χ4n) is 1.89. The van der Waals surface area contributed by atoms with Gasteiger partial charge in [0.05, 0.1) is 0 Å². The maximum Gasteiger partial charge on any atom is 0.136 e. The molecular weight excluding hydrogens is 194 g/mol. The molecule has 2 aliphatic rings. The van der Waals surface area contributed by atoms with Crippen LogP contribution in [0.4, 0.5) is 0 Å². The fourth-order valence-corrected chi connectivity index (χ4v) is 3.27. The Morgan fingerprint density at radius 3 is 2.33 bits per heavy atom. The smallest absolute Gasteiger partial charge is 0.136 e. The highest BCUT2D eigenvalue weighted by Crippen LogP contribution is 2.29. The Morgan fingerprint density at radius 2 is 1.83 bits per heavy atom. The minimum atomic E-state index is 0. The Bertz CT molecular complexity index is 172. The summed E-state index contributed by atoms with van der Waals surface area (Å²) in [6, 6.07) is 1.08. The quantitative estimate of drug-likeness (QED) is 0.595. The van der Waals surface area contributed by atoms with Gasteiger partial charge in [-0.1, -0.05) is 0 Å². The lowest BCUT2D eigenvalue weighted by atomic mass is 9.97. The molecular formula is C8H14ClNOS. The summed E-state index contributed by atoms with van der Waals surface area (Å²) in [4.78, 5) is 13.6. The van der Waals surface area contributed by atoms with Gasteiger partial charge in [0.1, 0.15) is 5.78 Å².